The molecular weight excluding hydrogens is 342 g/mol. The summed E-state index contributed by atoms with van der Waals surface area (Å²) in [5, 5.41) is 0.405. The Labute approximate surface area is 131 Å². The van der Waals surface area contributed by atoms with Crippen molar-refractivity contribution in [2.24, 2.45) is 0 Å². The van der Waals surface area contributed by atoms with Crippen LogP contribution in [0.15, 0.2) is 22.9 Å². The predicted molar refractivity (Wildman–Crippen MR) is 82.5 cm³/mol. The van der Waals surface area contributed by atoms with Gasteiger partial charge in [-0.15, -0.1) is 0 Å². The second kappa shape index (κ2) is 5.66. The first kappa shape index (κ1) is 15.2. The average molecular weight is 357 g/mol. The minimum atomic E-state index is -0.203. The fourth-order valence-electron chi connectivity index (χ4n) is 1.46. The second-order valence-corrected chi connectivity index (χ2v) is 6.73. The molecule has 106 valence electrons. The number of rotatable bonds is 2. The van der Waals surface area contributed by atoms with Crippen LogP contribution in [-0.4, -0.2) is 15.0 Å². The molecule has 6 heteroatoms. The standard InChI is InChI=1S/C14H15BrClN3O/c1-8-11(16)18-13(14(2,3)4)19-12(8)20-10-5-9(15)6-17-7-10/h5-7H,1-4H3. The Balaban J connectivity index is 2.43. The van der Waals surface area contributed by atoms with Crippen LogP contribution in [0.25, 0.3) is 0 Å². The molecule has 2 rings (SSSR count). The Kier molecular flexibility index (Phi) is 4.30. The van der Waals surface area contributed by atoms with Crippen LogP contribution in [0, 0.1) is 6.92 Å². The van der Waals surface area contributed by atoms with E-state index >= 15 is 0 Å². The lowest BCUT2D eigenvalue weighted by atomic mass is 9.96. The molecule has 0 amide bonds. The number of ether oxygens (including phenoxy) is 1. The normalized spacial score (nSPS) is 11.5. The van der Waals surface area contributed by atoms with Gasteiger partial charge in [-0.3, -0.25) is 4.98 Å². The molecule has 0 bridgehead atoms. The molecule has 4 nitrogen and oxygen atoms in total. The Morgan fingerprint density at radius 1 is 1.20 bits per heavy atom. The van der Waals surface area contributed by atoms with Crippen molar-refractivity contribution in [1.29, 1.82) is 0 Å². The Morgan fingerprint density at radius 3 is 2.50 bits per heavy atom. The van der Waals surface area contributed by atoms with Gasteiger partial charge in [0.05, 0.1) is 6.20 Å². The van der Waals surface area contributed by atoms with Crippen LogP contribution in [0.2, 0.25) is 5.15 Å². The summed E-state index contributed by atoms with van der Waals surface area (Å²) in [6, 6.07) is 1.82. The molecular formula is C14H15BrClN3O. The van der Waals surface area contributed by atoms with Crippen molar-refractivity contribution >= 4 is 27.5 Å². The fraction of sp³-hybridized carbons (Fsp3) is 0.357. The van der Waals surface area contributed by atoms with Crippen LogP contribution in [0.5, 0.6) is 11.6 Å². The topological polar surface area (TPSA) is 47.9 Å². The summed E-state index contributed by atoms with van der Waals surface area (Å²) >= 11 is 9.52. The zero-order valence-electron chi connectivity index (χ0n) is 11.7. The first-order chi connectivity index (χ1) is 9.27. The van der Waals surface area contributed by atoms with Gasteiger partial charge in [0, 0.05) is 21.6 Å². The van der Waals surface area contributed by atoms with Crippen molar-refractivity contribution < 1.29 is 4.74 Å². The highest BCUT2D eigenvalue weighted by Gasteiger charge is 2.21. The number of halogens is 2. The molecule has 0 aromatic carbocycles. The molecule has 0 aliphatic carbocycles. The number of hydrogen-bond donors (Lipinski definition) is 0. The van der Waals surface area contributed by atoms with Crippen molar-refractivity contribution in [3.05, 3.63) is 39.5 Å². The van der Waals surface area contributed by atoms with Gasteiger partial charge >= 0.3 is 0 Å². The number of pyridine rings is 1. The minimum absolute atomic E-state index is 0.203. The summed E-state index contributed by atoms with van der Waals surface area (Å²) in [7, 11) is 0. The third-order valence-electron chi connectivity index (χ3n) is 2.61. The molecule has 0 fully saturated rings. The Bertz CT molecular complexity index is 641. The first-order valence-corrected chi connectivity index (χ1v) is 7.27. The van der Waals surface area contributed by atoms with Gasteiger partial charge in [-0.05, 0) is 28.9 Å². The van der Waals surface area contributed by atoms with E-state index in [9.17, 15) is 0 Å². The van der Waals surface area contributed by atoms with E-state index in [1.165, 1.54) is 0 Å². The van der Waals surface area contributed by atoms with Crippen LogP contribution >= 0.6 is 27.5 Å². The minimum Gasteiger partial charge on any atom is -0.437 e. The SMILES string of the molecule is Cc1c(Cl)nc(C(C)(C)C)nc1Oc1cncc(Br)c1. The van der Waals surface area contributed by atoms with Gasteiger partial charge in [0.25, 0.3) is 0 Å². The zero-order valence-corrected chi connectivity index (χ0v) is 14.1. The molecule has 0 saturated heterocycles. The molecule has 0 radical (unpaired) electrons. The maximum atomic E-state index is 6.17. The van der Waals surface area contributed by atoms with E-state index < -0.39 is 0 Å². The first-order valence-electron chi connectivity index (χ1n) is 6.10. The summed E-state index contributed by atoms with van der Waals surface area (Å²) in [6.07, 6.45) is 3.31. The smallest absolute Gasteiger partial charge is 0.227 e. The van der Waals surface area contributed by atoms with Gasteiger partial charge in [-0.1, -0.05) is 32.4 Å². The van der Waals surface area contributed by atoms with Crippen molar-refractivity contribution in [1.82, 2.24) is 15.0 Å². The molecule has 0 spiro atoms. The summed E-state index contributed by atoms with van der Waals surface area (Å²) in [5.41, 5.74) is 0.505. The molecule has 2 aromatic rings. The third-order valence-corrected chi connectivity index (χ3v) is 3.41. The molecule has 20 heavy (non-hydrogen) atoms. The van der Waals surface area contributed by atoms with E-state index in [0.717, 1.165) is 4.47 Å². The van der Waals surface area contributed by atoms with Crippen LogP contribution in [-0.2, 0) is 5.41 Å². The molecule has 0 unspecified atom stereocenters. The fourth-order valence-corrected chi connectivity index (χ4v) is 1.97. The molecule has 0 aliphatic rings. The van der Waals surface area contributed by atoms with E-state index in [1.54, 1.807) is 12.4 Å². The molecule has 0 aliphatic heterocycles. The van der Waals surface area contributed by atoms with Crippen LogP contribution in [0.3, 0.4) is 0 Å². The van der Waals surface area contributed by atoms with Crippen LogP contribution < -0.4 is 4.74 Å². The second-order valence-electron chi connectivity index (χ2n) is 5.46. The molecule has 2 aromatic heterocycles. The summed E-state index contributed by atoms with van der Waals surface area (Å²) in [6.45, 7) is 7.91. The summed E-state index contributed by atoms with van der Waals surface area (Å²) in [4.78, 5) is 12.8. The highest BCUT2D eigenvalue weighted by molar-refractivity contribution is 9.10. The molecule has 0 atom stereocenters. The maximum absolute atomic E-state index is 6.17. The van der Waals surface area contributed by atoms with Gasteiger partial charge in [-0.2, -0.15) is 4.98 Å². The number of hydrogen-bond acceptors (Lipinski definition) is 4. The number of aromatic nitrogens is 3. The third kappa shape index (κ3) is 3.46. The van der Waals surface area contributed by atoms with Gasteiger partial charge in [0.1, 0.15) is 16.7 Å². The van der Waals surface area contributed by atoms with Crippen molar-refractivity contribution in [2.75, 3.05) is 0 Å². The maximum Gasteiger partial charge on any atom is 0.227 e. The van der Waals surface area contributed by atoms with Crippen LogP contribution in [0.4, 0.5) is 0 Å². The van der Waals surface area contributed by atoms with Crippen molar-refractivity contribution in [3.63, 3.8) is 0 Å². The van der Waals surface area contributed by atoms with Gasteiger partial charge in [-0.25, -0.2) is 4.98 Å². The average Bonchev–Trinajstić information content (AvgIpc) is 2.33. The monoisotopic (exact) mass is 355 g/mol. The molecule has 0 saturated carbocycles. The highest BCUT2D eigenvalue weighted by atomic mass is 79.9. The quantitative estimate of drug-likeness (QED) is 0.733. The Morgan fingerprint density at radius 2 is 1.90 bits per heavy atom. The lowest BCUT2D eigenvalue weighted by Gasteiger charge is -2.18. The Hall–Kier alpha value is -1.20. The zero-order chi connectivity index (χ0) is 14.9. The van der Waals surface area contributed by atoms with E-state index in [-0.39, 0.29) is 5.41 Å². The van der Waals surface area contributed by atoms with E-state index in [2.05, 4.69) is 30.9 Å². The van der Waals surface area contributed by atoms with Crippen LogP contribution in [0.1, 0.15) is 32.2 Å². The highest BCUT2D eigenvalue weighted by Crippen LogP contribution is 2.30. The predicted octanol–water partition coefficient (Wildman–Crippen LogP) is 4.69. The van der Waals surface area contributed by atoms with Crippen molar-refractivity contribution in [2.45, 2.75) is 33.1 Å². The van der Waals surface area contributed by atoms with Gasteiger partial charge in [0.15, 0.2) is 0 Å². The van der Waals surface area contributed by atoms with Gasteiger partial charge in [0.2, 0.25) is 5.88 Å². The van der Waals surface area contributed by atoms with E-state index in [1.807, 2.05) is 33.8 Å². The number of nitrogens with zero attached hydrogens (tertiary/aromatic N) is 3. The van der Waals surface area contributed by atoms with E-state index in [0.29, 0.717) is 28.2 Å². The molecule has 2 heterocycles. The molecule has 0 N–H and O–H groups in total. The lowest BCUT2D eigenvalue weighted by molar-refractivity contribution is 0.440. The summed E-state index contributed by atoms with van der Waals surface area (Å²) in [5.74, 6) is 1.69. The summed E-state index contributed by atoms with van der Waals surface area (Å²) < 4.78 is 6.62. The van der Waals surface area contributed by atoms with E-state index in [4.69, 9.17) is 16.3 Å². The van der Waals surface area contributed by atoms with Gasteiger partial charge < -0.3 is 4.74 Å². The largest absolute Gasteiger partial charge is 0.437 e. The lowest BCUT2D eigenvalue weighted by Crippen LogP contribution is -2.17. The van der Waals surface area contributed by atoms with Crippen molar-refractivity contribution in [3.8, 4) is 11.6 Å².